The van der Waals surface area contributed by atoms with E-state index in [9.17, 15) is 22.0 Å². The summed E-state index contributed by atoms with van der Waals surface area (Å²) in [5, 5.41) is 0. The maximum atomic E-state index is 12.7. The lowest BCUT2D eigenvalue weighted by molar-refractivity contribution is -0.287. The fraction of sp³-hybridized carbons (Fsp3) is 0.333. The Balaban J connectivity index is 0.00000162. The lowest BCUT2D eigenvalue weighted by atomic mass is 10.1. The molecule has 1 aromatic carbocycles. The quantitative estimate of drug-likeness (QED) is 0.809. The van der Waals surface area contributed by atoms with Crippen LogP contribution in [0.4, 0.5) is 22.0 Å². The van der Waals surface area contributed by atoms with E-state index in [0.717, 1.165) is 18.2 Å². The second-order valence-corrected chi connectivity index (χ2v) is 3.36. The van der Waals surface area contributed by atoms with Crippen molar-refractivity contribution in [3.8, 4) is 11.5 Å². The van der Waals surface area contributed by atoms with Crippen LogP contribution in [-0.4, -0.2) is 12.5 Å². The van der Waals surface area contributed by atoms with Crippen molar-refractivity contribution in [1.82, 2.24) is 0 Å². The molecule has 18 heavy (non-hydrogen) atoms. The molecule has 0 radical (unpaired) electrons. The van der Waals surface area contributed by atoms with Gasteiger partial charge in [0.25, 0.3) is 0 Å². The Labute approximate surface area is 104 Å². The van der Waals surface area contributed by atoms with E-state index in [1.807, 2.05) is 0 Å². The molecular weight excluding hydrogens is 285 g/mol. The third-order valence-electron chi connectivity index (χ3n) is 2.15. The lowest BCUT2D eigenvalue weighted by Gasteiger charge is -2.17. The Hall–Kier alpha value is -1.28. The van der Waals surface area contributed by atoms with Gasteiger partial charge in [-0.15, -0.1) is 21.2 Å². The second-order valence-electron chi connectivity index (χ2n) is 3.36. The Morgan fingerprint density at radius 2 is 1.78 bits per heavy atom. The summed E-state index contributed by atoms with van der Waals surface area (Å²) in [5.74, 6) is -1.14. The van der Waals surface area contributed by atoms with Gasteiger partial charge in [-0.3, -0.25) is 0 Å². The van der Waals surface area contributed by atoms with Gasteiger partial charge in [0, 0.05) is 5.56 Å². The molecule has 0 unspecified atom stereocenters. The fourth-order valence-electron chi connectivity index (χ4n) is 1.41. The minimum Gasteiger partial charge on any atom is -0.395 e. The highest BCUT2D eigenvalue weighted by molar-refractivity contribution is 5.85. The van der Waals surface area contributed by atoms with Gasteiger partial charge in [-0.1, -0.05) is 12.1 Å². The topological polar surface area (TPSA) is 44.5 Å². The SMILES string of the molecule is Cl.N[C@H](c1cccc2c1OC(F)(F)O2)C(F)(F)F. The zero-order valence-electron chi connectivity index (χ0n) is 8.50. The minimum absolute atomic E-state index is 0. The van der Waals surface area contributed by atoms with E-state index in [4.69, 9.17) is 5.73 Å². The number of benzene rings is 1. The van der Waals surface area contributed by atoms with E-state index in [2.05, 4.69) is 9.47 Å². The van der Waals surface area contributed by atoms with Crippen LogP contribution in [0.25, 0.3) is 0 Å². The summed E-state index contributed by atoms with van der Waals surface area (Å²) in [6.45, 7) is 0. The Bertz CT molecular complexity index is 451. The normalized spacial score (nSPS) is 18.1. The molecule has 1 aliphatic rings. The summed E-state index contributed by atoms with van der Waals surface area (Å²) in [4.78, 5) is 0. The molecule has 9 heteroatoms. The van der Waals surface area contributed by atoms with Gasteiger partial charge in [0.15, 0.2) is 11.5 Å². The molecule has 102 valence electrons. The van der Waals surface area contributed by atoms with Gasteiger partial charge in [-0.05, 0) is 6.07 Å². The molecule has 0 spiro atoms. The van der Waals surface area contributed by atoms with Crippen molar-refractivity contribution in [2.24, 2.45) is 5.73 Å². The van der Waals surface area contributed by atoms with Crippen molar-refractivity contribution in [3.05, 3.63) is 23.8 Å². The summed E-state index contributed by atoms with van der Waals surface area (Å²) in [5.41, 5.74) is 4.34. The number of rotatable bonds is 1. The van der Waals surface area contributed by atoms with Gasteiger partial charge in [-0.25, -0.2) is 0 Å². The highest BCUT2D eigenvalue weighted by atomic mass is 35.5. The molecule has 3 nitrogen and oxygen atoms in total. The number of fused-ring (bicyclic) bond motifs is 1. The molecule has 1 aromatic rings. The van der Waals surface area contributed by atoms with Crippen molar-refractivity contribution in [2.45, 2.75) is 18.5 Å². The maximum absolute atomic E-state index is 12.7. The van der Waals surface area contributed by atoms with Crippen LogP contribution in [-0.2, 0) is 0 Å². The summed E-state index contributed by atoms with van der Waals surface area (Å²) in [7, 11) is 0. The molecule has 0 saturated heterocycles. The predicted octanol–water partition coefficient (Wildman–Crippen LogP) is 2.99. The minimum atomic E-state index is -4.75. The van der Waals surface area contributed by atoms with Gasteiger partial charge < -0.3 is 15.2 Å². The van der Waals surface area contributed by atoms with Gasteiger partial charge in [0.1, 0.15) is 6.04 Å². The molecule has 2 N–H and O–H groups in total. The zero-order chi connectivity index (χ0) is 12.8. The van der Waals surface area contributed by atoms with E-state index in [1.165, 1.54) is 0 Å². The Morgan fingerprint density at radius 1 is 1.17 bits per heavy atom. The van der Waals surface area contributed by atoms with Gasteiger partial charge in [0.05, 0.1) is 0 Å². The first-order valence-electron chi connectivity index (χ1n) is 4.42. The first kappa shape index (κ1) is 14.8. The number of alkyl halides is 5. The molecule has 0 saturated carbocycles. The van der Waals surface area contributed by atoms with E-state index < -0.39 is 35.6 Å². The van der Waals surface area contributed by atoms with Crippen molar-refractivity contribution >= 4 is 12.4 Å². The third kappa shape index (κ3) is 2.59. The Morgan fingerprint density at radius 3 is 2.33 bits per heavy atom. The van der Waals surface area contributed by atoms with Crippen LogP contribution < -0.4 is 15.2 Å². The van der Waals surface area contributed by atoms with Crippen molar-refractivity contribution in [2.75, 3.05) is 0 Å². The lowest BCUT2D eigenvalue weighted by Crippen LogP contribution is -2.29. The molecule has 0 aromatic heterocycles. The molecule has 0 amide bonds. The summed E-state index contributed by atoms with van der Waals surface area (Å²) in [6.07, 6.45) is -8.72. The fourth-order valence-corrected chi connectivity index (χ4v) is 1.41. The van der Waals surface area contributed by atoms with E-state index in [1.54, 1.807) is 0 Å². The van der Waals surface area contributed by atoms with Crippen molar-refractivity contribution in [3.63, 3.8) is 0 Å². The van der Waals surface area contributed by atoms with Gasteiger partial charge in [0.2, 0.25) is 0 Å². The first-order valence-corrected chi connectivity index (χ1v) is 4.42. The maximum Gasteiger partial charge on any atom is 0.586 e. The standard InChI is InChI=1S/C9H6F5NO2.ClH/c10-8(11,12)7(15)4-2-1-3-5-6(4)17-9(13,14)16-5;/h1-3,7H,15H2;1H/t7-;/m1./s1. The van der Waals surface area contributed by atoms with Gasteiger partial charge >= 0.3 is 12.5 Å². The first-order chi connectivity index (χ1) is 7.71. The van der Waals surface area contributed by atoms with Crippen LogP contribution in [0.3, 0.4) is 0 Å². The van der Waals surface area contributed by atoms with Gasteiger partial charge in [-0.2, -0.15) is 13.2 Å². The smallest absolute Gasteiger partial charge is 0.395 e. The van der Waals surface area contributed by atoms with E-state index in [0.29, 0.717) is 0 Å². The Kier molecular flexibility index (Phi) is 3.64. The summed E-state index contributed by atoms with van der Waals surface area (Å²) in [6, 6.07) is 0.754. The van der Waals surface area contributed by atoms with Crippen LogP contribution in [0.1, 0.15) is 11.6 Å². The average Bonchev–Trinajstić information content (AvgIpc) is 2.48. The van der Waals surface area contributed by atoms with Crippen LogP contribution >= 0.6 is 12.4 Å². The molecule has 2 rings (SSSR count). The van der Waals surface area contributed by atoms with E-state index >= 15 is 0 Å². The highest BCUT2D eigenvalue weighted by Gasteiger charge is 2.48. The molecule has 1 aliphatic heterocycles. The molecule has 0 bridgehead atoms. The number of hydrogen-bond acceptors (Lipinski definition) is 3. The zero-order valence-corrected chi connectivity index (χ0v) is 9.32. The average molecular weight is 292 g/mol. The monoisotopic (exact) mass is 291 g/mol. The number of halogens is 6. The molecule has 1 atom stereocenters. The number of ether oxygens (including phenoxy) is 2. The third-order valence-corrected chi connectivity index (χ3v) is 2.15. The van der Waals surface area contributed by atoms with Crippen molar-refractivity contribution in [1.29, 1.82) is 0 Å². The number of hydrogen-bond donors (Lipinski definition) is 1. The van der Waals surface area contributed by atoms with Crippen LogP contribution in [0.15, 0.2) is 18.2 Å². The van der Waals surface area contributed by atoms with Crippen molar-refractivity contribution < 1.29 is 31.4 Å². The largest absolute Gasteiger partial charge is 0.586 e. The molecular formula is C9H7ClF5NO2. The predicted molar refractivity (Wildman–Crippen MR) is 52.9 cm³/mol. The van der Waals surface area contributed by atoms with Crippen LogP contribution in [0.2, 0.25) is 0 Å². The summed E-state index contributed by atoms with van der Waals surface area (Å²) >= 11 is 0. The highest BCUT2D eigenvalue weighted by Crippen LogP contribution is 2.47. The second kappa shape index (κ2) is 4.43. The number of para-hydroxylation sites is 1. The molecule has 0 aliphatic carbocycles. The van der Waals surface area contributed by atoms with Crippen LogP contribution in [0.5, 0.6) is 11.5 Å². The molecule has 1 heterocycles. The van der Waals surface area contributed by atoms with E-state index in [-0.39, 0.29) is 12.4 Å². The van der Waals surface area contributed by atoms with Crippen LogP contribution in [0, 0.1) is 0 Å². The molecule has 0 fully saturated rings. The number of nitrogens with two attached hydrogens (primary N) is 1. The summed E-state index contributed by atoms with van der Waals surface area (Å²) < 4.78 is 70.6.